The van der Waals surface area contributed by atoms with Crippen molar-refractivity contribution in [2.45, 2.75) is 45.9 Å². The van der Waals surface area contributed by atoms with Gasteiger partial charge in [0.05, 0.1) is 13.2 Å². The molecule has 110 valence electrons. The molecule has 1 aromatic heterocycles. The van der Waals surface area contributed by atoms with Crippen LogP contribution in [0, 0.1) is 0 Å². The molecule has 0 aliphatic carbocycles. The maximum atomic E-state index is 12.3. The second-order valence-corrected chi connectivity index (χ2v) is 4.89. The Morgan fingerprint density at radius 3 is 3.00 bits per heavy atom. The van der Waals surface area contributed by atoms with Gasteiger partial charge in [-0.2, -0.15) is 0 Å². The number of amides is 1. The van der Waals surface area contributed by atoms with Gasteiger partial charge in [0.25, 0.3) is 5.91 Å². The summed E-state index contributed by atoms with van der Waals surface area (Å²) in [6, 6.07) is 0. The third-order valence-corrected chi connectivity index (χ3v) is 3.50. The summed E-state index contributed by atoms with van der Waals surface area (Å²) in [6.45, 7) is 9.98. The van der Waals surface area contributed by atoms with Crippen LogP contribution in [-0.2, 0) is 29.0 Å². The van der Waals surface area contributed by atoms with Crippen LogP contribution in [0.15, 0.2) is 12.7 Å². The van der Waals surface area contributed by atoms with Crippen LogP contribution in [0.5, 0.6) is 0 Å². The molecule has 20 heavy (non-hydrogen) atoms. The second kappa shape index (κ2) is 6.65. The Hall–Kier alpha value is -1.69. The predicted molar refractivity (Wildman–Crippen MR) is 75.0 cm³/mol. The maximum Gasteiger partial charge on any atom is 0.251 e. The largest absolute Gasteiger partial charge is 0.368 e. The monoisotopic (exact) mass is 278 g/mol. The van der Waals surface area contributed by atoms with E-state index in [-0.39, 0.29) is 5.91 Å². The molecule has 6 nitrogen and oxygen atoms in total. The van der Waals surface area contributed by atoms with E-state index in [0.29, 0.717) is 19.7 Å². The van der Waals surface area contributed by atoms with E-state index in [2.05, 4.69) is 28.3 Å². The minimum atomic E-state index is -0.421. The first-order chi connectivity index (χ1) is 9.67. The van der Waals surface area contributed by atoms with Crippen LogP contribution >= 0.6 is 0 Å². The van der Waals surface area contributed by atoms with Crippen LogP contribution < -0.4 is 0 Å². The van der Waals surface area contributed by atoms with Gasteiger partial charge in [-0.05, 0) is 13.3 Å². The van der Waals surface area contributed by atoms with Crippen molar-refractivity contribution in [2.75, 3.05) is 13.2 Å². The minimum absolute atomic E-state index is 0.0151. The lowest BCUT2D eigenvalue weighted by Crippen LogP contribution is -2.43. The molecule has 0 aromatic carbocycles. The molecule has 1 atom stereocenters. The highest BCUT2D eigenvalue weighted by atomic mass is 16.5. The van der Waals surface area contributed by atoms with Crippen LogP contribution in [0.4, 0.5) is 0 Å². The van der Waals surface area contributed by atoms with Crippen LogP contribution in [0.3, 0.4) is 0 Å². The van der Waals surface area contributed by atoms with E-state index in [9.17, 15) is 4.79 Å². The molecule has 0 fully saturated rings. The Morgan fingerprint density at radius 2 is 2.30 bits per heavy atom. The number of carbonyl (C=O) groups excluding carboxylic acids is 1. The first-order valence-corrected chi connectivity index (χ1v) is 7.09. The van der Waals surface area contributed by atoms with E-state index in [1.54, 1.807) is 17.9 Å². The van der Waals surface area contributed by atoms with Crippen molar-refractivity contribution in [1.82, 2.24) is 19.7 Å². The van der Waals surface area contributed by atoms with Crippen molar-refractivity contribution in [3.63, 3.8) is 0 Å². The van der Waals surface area contributed by atoms with Gasteiger partial charge in [-0.15, -0.1) is 16.8 Å². The third kappa shape index (κ3) is 3.07. The van der Waals surface area contributed by atoms with E-state index in [1.807, 2.05) is 0 Å². The molecule has 2 heterocycles. The van der Waals surface area contributed by atoms with Gasteiger partial charge in [0.2, 0.25) is 0 Å². The summed E-state index contributed by atoms with van der Waals surface area (Å²) in [4.78, 5) is 14.1. The number of hydrogen-bond donors (Lipinski definition) is 0. The summed E-state index contributed by atoms with van der Waals surface area (Å²) in [7, 11) is 0. The fourth-order valence-corrected chi connectivity index (χ4v) is 2.32. The Balaban J connectivity index is 1.94. The van der Waals surface area contributed by atoms with E-state index in [0.717, 1.165) is 31.0 Å². The molecule has 1 aromatic rings. The number of aryl methyl sites for hydroxylation is 1. The molecular weight excluding hydrogens is 256 g/mol. The number of nitrogens with zero attached hydrogens (tertiary/aromatic N) is 4. The normalized spacial score (nSPS) is 15.8. The lowest BCUT2D eigenvalue weighted by Gasteiger charge is -2.29. The van der Waals surface area contributed by atoms with E-state index in [1.165, 1.54) is 0 Å². The van der Waals surface area contributed by atoms with Crippen molar-refractivity contribution in [2.24, 2.45) is 0 Å². The zero-order valence-corrected chi connectivity index (χ0v) is 12.2. The molecule has 0 spiro atoms. The third-order valence-electron chi connectivity index (χ3n) is 3.50. The highest BCUT2D eigenvalue weighted by molar-refractivity contribution is 5.80. The number of ether oxygens (including phenoxy) is 1. The number of fused-ring (bicyclic) bond motifs is 1. The molecule has 0 bridgehead atoms. The number of hydrogen-bond acceptors (Lipinski definition) is 4. The molecule has 0 saturated heterocycles. The van der Waals surface area contributed by atoms with Crippen molar-refractivity contribution in [1.29, 1.82) is 0 Å². The average molecular weight is 278 g/mol. The molecular formula is C14H22N4O2. The van der Waals surface area contributed by atoms with Crippen LogP contribution in [0.2, 0.25) is 0 Å². The topological polar surface area (TPSA) is 60.2 Å². The average Bonchev–Trinajstić information content (AvgIpc) is 2.88. The SMILES string of the molecule is C=CCCOC(C)C(=O)N1CCn2c(CC)nnc2C1. The standard InChI is InChI=1S/C14H22N4O2/c1-4-6-9-20-11(3)14(19)17-7-8-18-12(5-2)15-16-13(18)10-17/h4,11H,1,5-10H2,2-3H3. The maximum absolute atomic E-state index is 12.3. The van der Waals surface area contributed by atoms with Gasteiger partial charge in [-0.25, -0.2) is 0 Å². The van der Waals surface area contributed by atoms with Gasteiger partial charge in [0.1, 0.15) is 11.9 Å². The fourth-order valence-electron chi connectivity index (χ4n) is 2.32. The molecule has 0 radical (unpaired) electrons. The molecule has 1 unspecified atom stereocenters. The number of aromatic nitrogens is 3. The summed E-state index contributed by atoms with van der Waals surface area (Å²) >= 11 is 0. The first kappa shape index (κ1) is 14.7. The fraction of sp³-hybridized carbons (Fsp3) is 0.643. The molecule has 0 saturated carbocycles. The number of carbonyl (C=O) groups is 1. The van der Waals surface area contributed by atoms with Gasteiger partial charge in [-0.3, -0.25) is 4.79 Å². The smallest absolute Gasteiger partial charge is 0.251 e. The predicted octanol–water partition coefficient (Wildman–Crippen LogP) is 1.16. The second-order valence-electron chi connectivity index (χ2n) is 4.89. The number of rotatable bonds is 6. The summed E-state index contributed by atoms with van der Waals surface area (Å²) in [5.41, 5.74) is 0. The Kier molecular flexibility index (Phi) is 4.89. The van der Waals surface area contributed by atoms with Gasteiger partial charge in [0, 0.05) is 19.5 Å². The van der Waals surface area contributed by atoms with Crippen molar-refractivity contribution >= 4 is 5.91 Å². The van der Waals surface area contributed by atoms with Crippen LogP contribution in [0.25, 0.3) is 0 Å². The highest BCUT2D eigenvalue weighted by Gasteiger charge is 2.27. The summed E-state index contributed by atoms with van der Waals surface area (Å²) in [5.74, 6) is 1.86. The van der Waals surface area contributed by atoms with Gasteiger partial charge >= 0.3 is 0 Å². The zero-order valence-electron chi connectivity index (χ0n) is 12.2. The summed E-state index contributed by atoms with van der Waals surface area (Å²) in [6.07, 6.45) is 2.98. The summed E-state index contributed by atoms with van der Waals surface area (Å²) < 4.78 is 7.61. The first-order valence-electron chi connectivity index (χ1n) is 7.09. The lowest BCUT2D eigenvalue weighted by atomic mass is 10.2. The summed E-state index contributed by atoms with van der Waals surface area (Å²) in [5, 5.41) is 8.31. The molecule has 6 heteroatoms. The van der Waals surface area contributed by atoms with Crippen LogP contribution in [0.1, 0.15) is 31.9 Å². The van der Waals surface area contributed by atoms with E-state index in [4.69, 9.17) is 4.74 Å². The zero-order chi connectivity index (χ0) is 14.5. The van der Waals surface area contributed by atoms with E-state index >= 15 is 0 Å². The Bertz CT molecular complexity index is 484. The Morgan fingerprint density at radius 1 is 1.50 bits per heavy atom. The van der Waals surface area contributed by atoms with E-state index < -0.39 is 6.10 Å². The molecule has 1 aliphatic rings. The van der Waals surface area contributed by atoms with Gasteiger partial charge in [0.15, 0.2) is 5.82 Å². The molecule has 1 aliphatic heterocycles. The molecule has 2 rings (SSSR count). The van der Waals surface area contributed by atoms with Crippen molar-refractivity contribution in [3.05, 3.63) is 24.3 Å². The molecule has 1 amide bonds. The Labute approximate surface area is 119 Å². The van der Waals surface area contributed by atoms with Crippen molar-refractivity contribution in [3.8, 4) is 0 Å². The minimum Gasteiger partial charge on any atom is -0.368 e. The molecule has 0 N–H and O–H groups in total. The van der Waals surface area contributed by atoms with Crippen LogP contribution in [-0.4, -0.2) is 44.8 Å². The van der Waals surface area contributed by atoms with Gasteiger partial charge < -0.3 is 14.2 Å². The highest BCUT2D eigenvalue weighted by Crippen LogP contribution is 2.14. The quantitative estimate of drug-likeness (QED) is 0.579. The van der Waals surface area contributed by atoms with Gasteiger partial charge in [-0.1, -0.05) is 13.0 Å². The van der Waals surface area contributed by atoms with Crippen molar-refractivity contribution < 1.29 is 9.53 Å². The lowest BCUT2D eigenvalue weighted by molar-refractivity contribution is -0.144.